The first-order valence-electron chi connectivity index (χ1n) is 9.49. The lowest BCUT2D eigenvalue weighted by atomic mass is 9.98. The molecule has 3 N–H and O–H groups in total. The third-order valence-electron chi connectivity index (χ3n) is 5.12. The van der Waals surface area contributed by atoms with Crippen LogP contribution in [-0.4, -0.2) is 55.5 Å². The number of amides is 2. The molecule has 1 aromatic carbocycles. The van der Waals surface area contributed by atoms with Gasteiger partial charge < -0.3 is 16.0 Å². The molecular formula is C19H26ClFN4O2. The Balaban J connectivity index is 1.43. The molecule has 2 aliphatic rings. The maximum Gasteiger partial charge on any atom is 0.238 e. The number of carbonyl (C=O) groups is 2. The number of halogens is 2. The quantitative estimate of drug-likeness (QED) is 0.687. The summed E-state index contributed by atoms with van der Waals surface area (Å²) in [6.45, 7) is 3.41. The minimum absolute atomic E-state index is 0.0593. The van der Waals surface area contributed by atoms with Gasteiger partial charge >= 0.3 is 0 Å². The number of rotatable bonds is 6. The Hall–Kier alpha value is -1.70. The fourth-order valence-corrected chi connectivity index (χ4v) is 3.94. The van der Waals surface area contributed by atoms with Gasteiger partial charge in [0.2, 0.25) is 11.8 Å². The van der Waals surface area contributed by atoms with Gasteiger partial charge in [0.25, 0.3) is 0 Å². The van der Waals surface area contributed by atoms with E-state index in [0.717, 1.165) is 45.3 Å². The Morgan fingerprint density at radius 2 is 2.15 bits per heavy atom. The third-order valence-corrected chi connectivity index (χ3v) is 5.43. The van der Waals surface area contributed by atoms with Crippen LogP contribution in [0.25, 0.3) is 0 Å². The third kappa shape index (κ3) is 5.89. The molecule has 2 heterocycles. The highest BCUT2D eigenvalue weighted by Crippen LogP contribution is 2.22. The van der Waals surface area contributed by atoms with E-state index >= 15 is 0 Å². The van der Waals surface area contributed by atoms with Gasteiger partial charge in [0.1, 0.15) is 5.82 Å². The number of hydrogen-bond acceptors (Lipinski definition) is 4. The van der Waals surface area contributed by atoms with Crippen molar-refractivity contribution in [3.8, 4) is 0 Å². The van der Waals surface area contributed by atoms with Gasteiger partial charge in [-0.25, -0.2) is 4.39 Å². The number of piperidine rings is 1. The number of hydrogen-bond donors (Lipinski definition) is 3. The van der Waals surface area contributed by atoms with Crippen molar-refractivity contribution in [1.82, 2.24) is 15.5 Å². The number of anilines is 1. The Labute approximate surface area is 163 Å². The van der Waals surface area contributed by atoms with Crippen molar-refractivity contribution in [2.45, 2.75) is 31.7 Å². The zero-order valence-electron chi connectivity index (χ0n) is 15.3. The summed E-state index contributed by atoms with van der Waals surface area (Å²) in [5.41, 5.74) is 0.410. The first kappa shape index (κ1) is 20.0. The van der Waals surface area contributed by atoms with Gasteiger partial charge in [0.05, 0.1) is 23.3 Å². The predicted molar refractivity (Wildman–Crippen MR) is 103 cm³/mol. The van der Waals surface area contributed by atoms with Crippen LogP contribution in [-0.2, 0) is 9.59 Å². The molecule has 2 unspecified atom stereocenters. The lowest BCUT2D eigenvalue weighted by Crippen LogP contribution is -2.46. The fraction of sp³-hybridized carbons (Fsp3) is 0.579. The van der Waals surface area contributed by atoms with Crippen LogP contribution >= 0.6 is 11.6 Å². The standard InChI is InChI=1S/C19H26ClFN4O2/c20-15-9-14(21)5-6-16(15)24-18(26)12-25-8-2-3-13(11-25)10-23-19(27)17-4-1-7-22-17/h5-6,9,13,17,22H,1-4,7-8,10-12H2,(H,23,27)(H,24,26). The van der Waals surface area contributed by atoms with Gasteiger partial charge in [-0.15, -0.1) is 0 Å². The van der Waals surface area contributed by atoms with E-state index in [4.69, 9.17) is 11.6 Å². The van der Waals surface area contributed by atoms with Crippen molar-refractivity contribution < 1.29 is 14.0 Å². The summed E-state index contributed by atoms with van der Waals surface area (Å²) in [5, 5.41) is 9.15. The molecule has 0 radical (unpaired) electrons. The summed E-state index contributed by atoms with van der Waals surface area (Å²) in [4.78, 5) is 26.5. The van der Waals surface area contributed by atoms with Crippen LogP contribution in [0.3, 0.4) is 0 Å². The van der Waals surface area contributed by atoms with E-state index < -0.39 is 5.82 Å². The van der Waals surface area contributed by atoms with Crippen LogP contribution in [0.4, 0.5) is 10.1 Å². The molecular weight excluding hydrogens is 371 g/mol. The molecule has 27 heavy (non-hydrogen) atoms. The summed E-state index contributed by atoms with van der Waals surface area (Å²) in [5.74, 6) is -0.199. The summed E-state index contributed by atoms with van der Waals surface area (Å²) in [7, 11) is 0. The van der Waals surface area contributed by atoms with Crippen molar-refractivity contribution in [3.63, 3.8) is 0 Å². The van der Waals surface area contributed by atoms with Gasteiger partial charge in [0.15, 0.2) is 0 Å². The topological polar surface area (TPSA) is 73.5 Å². The molecule has 8 heteroatoms. The molecule has 0 saturated carbocycles. The van der Waals surface area contributed by atoms with E-state index in [-0.39, 0.29) is 29.4 Å². The van der Waals surface area contributed by atoms with Crippen molar-refractivity contribution in [3.05, 3.63) is 29.0 Å². The molecule has 0 aromatic heterocycles. The van der Waals surface area contributed by atoms with E-state index in [1.807, 2.05) is 0 Å². The number of likely N-dealkylation sites (tertiary alicyclic amines) is 1. The molecule has 2 fully saturated rings. The second kappa shape index (κ2) is 9.48. The Morgan fingerprint density at radius 3 is 2.89 bits per heavy atom. The van der Waals surface area contributed by atoms with Crippen molar-refractivity contribution >= 4 is 29.1 Å². The number of nitrogens with zero attached hydrogens (tertiary/aromatic N) is 1. The van der Waals surface area contributed by atoms with Crippen molar-refractivity contribution in [2.24, 2.45) is 5.92 Å². The van der Waals surface area contributed by atoms with Crippen LogP contribution in [0.2, 0.25) is 5.02 Å². The van der Waals surface area contributed by atoms with Crippen LogP contribution in [0.5, 0.6) is 0 Å². The van der Waals surface area contributed by atoms with Crippen molar-refractivity contribution in [1.29, 1.82) is 0 Å². The molecule has 6 nitrogen and oxygen atoms in total. The fourth-order valence-electron chi connectivity index (χ4n) is 3.72. The zero-order chi connectivity index (χ0) is 19.2. The SMILES string of the molecule is O=C(CN1CCCC(CNC(=O)C2CCCN2)C1)Nc1ccc(F)cc1Cl. The molecule has 2 amide bonds. The van der Waals surface area contributed by atoms with E-state index in [2.05, 4.69) is 20.9 Å². The Bertz CT molecular complexity index is 682. The van der Waals surface area contributed by atoms with Gasteiger partial charge in [-0.1, -0.05) is 11.6 Å². The highest BCUT2D eigenvalue weighted by atomic mass is 35.5. The van der Waals surface area contributed by atoms with Gasteiger partial charge in [-0.3, -0.25) is 14.5 Å². The Morgan fingerprint density at radius 1 is 1.30 bits per heavy atom. The highest BCUT2D eigenvalue weighted by Gasteiger charge is 2.25. The van der Waals surface area contributed by atoms with E-state index in [0.29, 0.717) is 18.2 Å². The molecule has 0 bridgehead atoms. The number of nitrogens with one attached hydrogen (secondary N) is 3. The number of carbonyl (C=O) groups excluding carboxylic acids is 2. The largest absolute Gasteiger partial charge is 0.354 e. The molecule has 1 aromatic rings. The van der Waals surface area contributed by atoms with Gasteiger partial charge in [-0.2, -0.15) is 0 Å². The summed E-state index contributed by atoms with van der Waals surface area (Å²) in [6, 6.07) is 3.84. The first-order chi connectivity index (χ1) is 13.0. The van der Waals surface area contributed by atoms with Gasteiger partial charge in [0, 0.05) is 13.1 Å². The zero-order valence-corrected chi connectivity index (χ0v) is 16.0. The van der Waals surface area contributed by atoms with Crippen LogP contribution in [0.1, 0.15) is 25.7 Å². The summed E-state index contributed by atoms with van der Waals surface area (Å²) >= 11 is 5.95. The predicted octanol–water partition coefficient (Wildman–Crippen LogP) is 2.00. The van der Waals surface area contributed by atoms with E-state index in [1.165, 1.54) is 18.2 Å². The smallest absolute Gasteiger partial charge is 0.238 e. The normalized spacial score (nSPS) is 23.2. The molecule has 0 spiro atoms. The maximum absolute atomic E-state index is 13.1. The molecule has 3 rings (SSSR count). The lowest BCUT2D eigenvalue weighted by Gasteiger charge is -2.32. The Kier molecular flexibility index (Phi) is 7.04. The van der Waals surface area contributed by atoms with E-state index in [1.54, 1.807) is 0 Å². The van der Waals surface area contributed by atoms with Crippen LogP contribution in [0.15, 0.2) is 18.2 Å². The lowest BCUT2D eigenvalue weighted by molar-refractivity contribution is -0.123. The van der Waals surface area contributed by atoms with Gasteiger partial charge in [-0.05, 0) is 62.9 Å². The number of benzene rings is 1. The van der Waals surface area contributed by atoms with Crippen LogP contribution < -0.4 is 16.0 Å². The molecule has 2 atom stereocenters. The second-order valence-corrected chi connectivity index (χ2v) is 7.72. The van der Waals surface area contributed by atoms with Crippen LogP contribution in [0, 0.1) is 11.7 Å². The molecule has 2 saturated heterocycles. The maximum atomic E-state index is 13.1. The summed E-state index contributed by atoms with van der Waals surface area (Å²) < 4.78 is 13.1. The van der Waals surface area contributed by atoms with Crippen molar-refractivity contribution in [2.75, 3.05) is 38.0 Å². The monoisotopic (exact) mass is 396 g/mol. The first-order valence-corrected chi connectivity index (χ1v) is 9.87. The minimum atomic E-state index is -0.438. The minimum Gasteiger partial charge on any atom is -0.354 e. The van der Waals surface area contributed by atoms with E-state index in [9.17, 15) is 14.0 Å². The summed E-state index contributed by atoms with van der Waals surface area (Å²) in [6.07, 6.45) is 3.98. The average Bonchev–Trinajstić information content (AvgIpc) is 3.17. The molecule has 0 aliphatic carbocycles. The molecule has 148 valence electrons. The molecule has 2 aliphatic heterocycles. The second-order valence-electron chi connectivity index (χ2n) is 7.31. The average molecular weight is 397 g/mol. The highest BCUT2D eigenvalue weighted by molar-refractivity contribution is 6.33.